The summed E-state index contributed by atoms with van der Waals surface area (Å²) in [4.78, 5) is 30.1. The van der Waals surface area contributed by atoms with Crippen LogP contribution >= 0.6 is 0 Å². The molecule has 2 aliphatic heterocycles. The second-order valence-corrected chi connectivity index (χ2v) is 7.76. The molecule has 3 rings (SSSR count). The quantitative estimate of drug-likeness (QED) is 0.831. The highest BCUT2D eigenvalue weighted by molar-refractivity contribution is 5.91. The number of benzene rings is 1. The molecule has 26 heavy (non-hydrogen) atoms. The first-order valence-corrected chi connectivity index (χ1v) is 9.72. The van der Waals surface area contributed by atoms with Crippen LogP contribution in [0.1, 0.15) is 43.7 Å². The van der Waals surface area contributed by atoms with Gasteiger partial charge in [-0.25, -0.2) is 0 Å². The monoisotopic (exact) mass is 358 g/mol. The Bertz CT molecular complexity index is 635. The van der Waals surface area contributed by atoms with Crippen LogP contribution in [0.3, 0.4) is 0 Å². The molecule has 2 aliphatic rings. The maximum atomic E-state index is 13.4. The molecule has 0 N–H and O–H groups in total. The lowest BCUT2D eigenvalue weighted by atomic mass is 9.86. The summed E-state index contributed by atoms with van der Waals surface area (Å²) in [6.07, 6.45) is 1.66. The highest BCUT2D eigenvalue weighted by Crippen LogP contribution is 2.31. The van der Waals surface area contributed by atoms with Gasteiger partial charge in [-0.05, 0) is 31.2 Å². The second-order valence-electron chi connectivity index (χ2n) is 7.76. The number of ether oxygens (including phenoxy) is 1. The number of morpholine rings is 1. The SMILES string of the molecule is Cc1ccc(C(C(=O)N2CCC[C@H]2C(=O)N2CCOCC2)C(C)C)cc1. The van der Waals surface area contributed by atoms with E-state index in [-0.39, 0.29) is 29.7 Å². The van der Waals surface area contributed by atoms with Gasteiger partial charge in [0.25, 0.3) is 0 Å². The Hall–Kier alpha value is -1.88. The molecule has 0 bridgehead atoms. The fraction of sp³-hybridized carbons (Fsp3) is 0.619. The van der Waals surface area contributed by atoms with Crippen molar-refractivity contribution in [3.8, 4) is 0 Å². The fourth-order valence-electron chi connectivity index (χ4n) is 4.05. The first kappa shape index (κ1) is 18.9. The van der Waals surface area contributed by atoms with Crippen LogP contribution in [0.5, 0.6) is 0 Å². The van der Waals surface area contributed by atoms with Gasteiger partial charge >= 0.3 is 0 Å². The maximum absolute atomic E-state index is 13.4. The summed E-state index contributed by atoms with van der Waals surface area (Å²) in [6.45, 7) is 9.32. The molecule has 1 aromatic carbocycles. The molecule has 2 atom stereocenters. The number of carbonyl (C=O) groups excluding carboxylic acids is 2. The molecule has 0 aliphatic carbocycles. The predicted molar refractivity (Wildman–Crippen MR) is 101 cm³/mol. The number of hydrogen-bond donors (Lipinski definition) is 0. The van der Waals surface area contributed by atoms with Gasteiger partial charge in [-0.1, -0.05) is 43.7 Å². The number of nitrogens with zero attached hydrogens (tertiary/aromatic N) is 2. The smallest absolute Gasteiger partial charge is 0.245 e. The van der Waals surface area contributed by atoms with Gasteiger partial charge in [-0.2, -0.15) is 0 Å². The summed E-state index contributed by atoms with van der Waals surface area (Å²) in [6, 6.07) is 7.89. The van der Waals surface area contributed by atoms with Crippen molar-refractivity contribution in [1.82, 2.24) is 9.80 Å². The minimum atomic E-state index is -0.313. The van der Waals surface area contributed by atoms with Crippen LogP contribution in [0, 0.1) is 12.8 Å². The lowest BCUT2D eigenvalue weighted by molar-refractivity contribution is -0.147. The van der Waals surface area contributed by atoms with E-state index in [0.717, 1.165) is 18.4 Å². The molecule has 0 radical (unpaired) electrons. The number of amides is 2. The molecule has 0 spiro atoms. The first-order chi connectivity index (χ1) is 12.5. The third-order valence-corrected chi connectivity index (χ3v) is 5.51. The van der Waals surface area contributed by atoms with Crippen molar-refractivity contribution in [2.45, 2.75) is 45.6 Å². The lowest BCUT2D eigenvalue weighted by Gasteiger charge is -2.34. The van der Waals surface area contributed by atoms with E-state index in [4.69, 9.17) is 4.74 Å². The van der Waals surface area contributed by atoms with Crippen molar-refractivity contribution in [3.63, 3.8) is 0 Å². The van der Waals surface area contributed by atoms with Crippen molar-refractivity contribution < 1.29 is 14.3 Å². The molecule has 1 aromatic rings. The number of likely N-dealkylation sites (tertiary alicyclic amines) is 1. The van der Waals surface area contributed by atoms with Crippen molar-refractivity contribution in [2.24, 2.45) is 5.92 Å². The normalized spacial score (nSPS) is 21.9. The van der Waals surface area contributed by atoms with E-state index in [0.29, 0.717) is 32.8 Å². The van der Waals surface area contributed by atoms with E-state index in [2.05, 4.69) is 26.0 Å². The molecule has 0 saturated carbocycles. The molecular formula is C21H30N2O3. The summed E-state index contributed by atoms with van der Waals surface area (Å²) in [5, 5.41) is 0. The Balaban J connectivity index is 1.79. The zero-order valence-corrected chi connectivity index (χ0v) is 16.1. The van der Waals surface area contributed by atoms with Gasteiger partial charge in [0, 0.05) is 19.6 Å². The van der Waals surface area contributed by atoms with Gasteiger partial charge in [0.2, 0.25) is 11.8 Å². The van der Waals surface area contributed by atoms with Crippen molar-refractivity contribution >= 4 is 11.8 Å². The molecule has 0 aromatic heterocycles. The average Bonchev–Trinajstić information content (AvgIpc) is 3.13. The maximum Gasteiger partial charge on any atom is 0.245 e. The molecule has 5 nitrogen and oxygen atoms in total. The first-order valence-electron chi connectivity index (χ1n) is 9.72. The van der Waals surface area contributed by atoms with E-state index in [1.54, 1.807) is 0 Å². The molecular weight excluding hydrogens is 328 g/mol. The Morgan fingerprint density at radius 3 is 2.35 bits per heavy atom. The zero-order chi connectivity index (χ0) is 18.7. The fourth-order valence-corrected chi connectivity index (χ4v) is 4.05. The Labute approximate surface area is 156 Å². The van der Waals surface area contributed by atoms with Gasteiger partial charge in [0.05, 0.1) is 19.1 Å². The molecule has 2 heterocycles. The third kappa shape index (κ3) is 3.93. The van der Waals surface area contributed by atoms with Gasteiger partial charge in [-0.15, -0.1) is 0 Å². The van der Waals surface area contributed by atoms with Crippen LogP contribution in [0.4, 0.5) is 0 Å². The minimum Gasteiger partial charge on any atom is -0.378 e. The number of hydrogen-bond acceptors (Lipinski definition) is 3. The predicted octanol–water partition coefficient (Wildman–Crippen LogP) is 2.58. The summed E-state index contributed by atoms with van der Waals surface area (Å²) < 4.78 is 5.35. The average molecular weight is 358 g/mol. The van der Waals surface area contributed by atoms with Crippen molar-refractivity contribution in [2.75, 3.05) is 32.8 Å². The van der Waals surface area contributed by atoms with Crippen LogP contribution in [-0.2, 0) is 14.3 Å². The van der Waals surface area contributed by atoms with Crippen LogP contribution in [0.15, 0.2) is 24.3 Å². The van der Waals surface area contributed by atoms with Crippen molar-refractivity contribution in [3.05, 3.63) is 35.4 Å². The third-order valence-electron chi connectivity index (χ3n) is 5.51. The summed E-state index contributed by atoms with van der Waals surface area (Å²) in [5.74, 6) is 0.164. The summed E-state index contributed by atoms with van der Waals surface area (Å²) in [7, 11) is 0. The number of aryl methyl sites for hydroxylation is 1. The largest absolute Gasteiger partial charge is 0.378 e. The molecule has 142 valence electrons. The minimum absolute atomic E-state index is 0.0885. The van der Waals surface area contributed by atoms with Gasteiger partial charge in [-0.3, -0.25) is 9.59 Å². The van der Waals surface area contributed by atoms with Crippen LogP contribution in [0.25, 0.3) is 0 Å². The van der Waals surface area contributed by atoms with Crippen LogP contribution in [0.2, 0.25) is 0 Å². The number of rotatable bonds is 4. The second kappa shape index (κ2) is 8.21. The Kier molecular flexibility index (Phi) is 5.97. The summed E-state index contributed by atoms with van der Waals surface area (Å²) in [5.41, 5.74) is 2.23. The van der Waals surface area contributed by atoms with E-state index in [9.17, 15) is 9.59 Å². The molecule has 2 amide bonds. The molecule has 1 unspecified atom stereocenters. The van der Waals surface area contributed by atoms with Gasteiger partial charge in [0.1, 0.15) is 6.04 Å². The van der Waals surface area contributed by atoms with Crippen LogP contribution in [-0.4, -0.2) is 60.5 Å². The molecule has 2 saturated heterocycles. The van der Waals surface area contributed by atoms with Gasteiger partial charge < -0.3 is 14.5 Å². The Morgan fingerprint density at radius 1 is 1.08 bits per heavy atom. The number of carbonyl (C=O) groups is 2. The van der Waals surface area contributed by atoms with E-state index < -0.39 is 0 Å². The molecule has 5 heteroatoms. The highest BCUT2D eigenvalue weighted by Gasteiger charge is 2.40. The van der Waals surface area contributed by atoms with Crippen LogP contribution < -0.4 is 0 Å². The topological polar surface area (TPSA) is 49.9 Å². The summed E-state index contributed by atoms with van der Waals surface area (Å²) >= 11 is 0. The zero-order valence-electron chi connectivity index (χ0n) is 16.1. The molecule has 2 fully saturated rings. The van der Waals surface area contributed by atoms with Crippen molar-refractivity contribution in [1.29, 1.82) is 0 Å². The van der Waals surface area contributed by atoms with E-state index >= 15 is 0 Å². The van der Waals surface area contributed by atoms with E-state index in [1.807, 2.05) is 28.9 Å². The van der Waals surface area contributed by atoms with Gasteiger partial charge in [0.15, 0.2) is 0 Å². The Morgan fingerprint density at radius 2 is 1.73 bits per heavy atom. The van der Waals surface area contributed by atoms with E-state index in [1.165, 1.54) is 5.56 Å². The standard InChI is InChI=1S/C21H30N2O3/c1-15(2)19(17-8-6-16(3)7-9-17)21(25)23-10-4-5-18(23)20(24)22-11-13-26-14-12-22/h6-9,15,18-19H,4-5,10-14H2,1-3H3/t18-,19?/m0/s1. The lowest BCUT2D eigenvalue weighted by Crippen LogP contribution is -2.52. The highest BCUT2D eigenvalue weighted by atomic mass is 16.5.